The largest absolute Gasteiger partial charge is 0.493 e. The molecule has 4 amide bonds. The van der Waals surface area contributed by atoms with Crippen LogP contribution in [0.25, 0.3) is 0 Å². The lowest BCUT2D eigenvalue weighted by Crippen LogP contribution is -2.37. The first-order valence-corrected chi connectivity index (χ1v) is 24.6. The number of methoxy groups -OCH3 is 2. The Morgan fingerprint density at radius 2 is 1.39 bits per heavy atom. The fourth-order valence-corrected chi connectivity index (χ4v) is 9.51. The average Bonchev–Trinajstić information content (AvgIpc) is 4.07. The van der Waals surface area contributed by atoms with Gasteiger partial charge in [0.25, 0.3) is 23.6 Å². The number of rotatable bonds is 20. The van der Waals surface area contributed by atoms with Gasteiger partial charge in [0.1, 0.15) is 24.6 Å². The standard InChI is InChI=1S/C57H59N5O12/c1-56(2,20-18-53(65)74-62-51(63)16-17-52(62)64)72-23-21-57(3,4)73-40-25-35(33-70-49-30-43(58-5)41(28-47(49)68-6)54(66)60-22-19-37-12-8-10-14-45(37)60)24-36(26-40)34-71-50-31-44-42(29-48(50)69-7)55(67)61-39(32-59-44)27-38-13-9-11-15-46(38)61/h8-15,24-26,28-32,39H,5,16-23,27,33-34H2,1-4,6-7H3/t39-/m0/s1. The highest BCUT2D eigenvalue weighted by Gasteiger charge is 2.37. The normalized spacial score (nSPS) is 15.8. The molecule has 0 unspecified atom stereocenters. The average molecular weight is 1010 g/mol. The van der Waals surface area contributed by atoms with Crippen LogP contribution in [0.1, 0.15) is 103 Å². The van der Waals surface area contributed by atoms with E-state index in [0.29, 0.717) is 81.3 Å². The molecule has 1 saturated heterocycles. The van der Waals surface area contributed by atoms with Crippen LogP contribution in [0, 0.1) is 0 Å². The Morgan fingerprint density at radius 3 is 2.08 bits per heavy atom. The van der Waals surface area contributed by atoms with E-state index in [1.54, 1.807) is 34.1 Å². The summed E-state index contributed by atoms with van der Waals surface area (Å²) in [6, 6.07) is 27.8. The molecular weight excluding hydrogens is 947 g/mol. The van der Waals surface area contributed by atoms with E-state index in [0.717, 1.165) is 34.5 Å². The van der Waals surface area contributed by atoms with Crippen molar-refractivity contribution in [2.45, 2.75) is 103 Å². The minimum Gasteiger partial charge on any atom is -0.493 e. The zero-order valence-electron chi connectivity index (χ0n) is 42.4. The number of amides is 4. The quantitative estimate of drug-likeness (QED) is 0.0532. The Balaban J connectivity index is 0.928. The van der Waals surface area contributed by atoms with E-state index in [-0.39, 0.29) is 63.4 Å². The van der Waals surface area contributed by atoms with Gasteiger partial charge in [-0.3, -0.25) is 34.1 Å². The van der Waals surface area contributed by atoms with Crippen LogP contribution in [-0.2, 0) is 50.0 Å². The number of anilines is 2. The highest BCUT2D eigenvalue weighted by Crippen LogP contribution is 2.42. The molecule has 9 rings (SSSR count). The first-order valence-electron chi connectivity index (χ1n) is 24.6. The highest BCUT2D eigenvalue weighted by atomic mass is 16.7. The van der Waals surface area contributed by atoms with Gasteiger partial charge in [0.05, 0.1) is 61.4 Å². The summed E-state index contributed by atoms with van der Waals surface area (Å²) in [6.45, 7) is 12.3. The molecule has 0 saturated carbocycles. The molecule has 4 aliphatic rings. The van der Waals surface area contributed by atoms with Crippen LogP contribution < -0.4 is 33.5 Å². The molecule has 4 heterocycles. The Bertz CT molecular complexity index is 3060. The molecule has 0 aromatic heterocycles. The Labute approximate surface area is 429 Å². The van der Waals surface area contributed by atoms with Crippen LogP contribution in [0.2, 0.25) is 0 Å². The number of aliphatic imine (C=N–C) groups is 2. The molecule has 1 atom stereocenters. The third kappa shape index (κ3) is 11.0. The Hall–Kier alpha value is -8.05. The number of hydrogen-bond donors (Lipinski definition) is 0. The number of hydroxylamine groups is 2. The maximum absolute atomic E-state index is 14.1. The van der Waals surface area contributed by atoms with E-state index in [2.05, 4.69) is 11.7 Å². The number of imide groups is 1. The van der Waals surface area contributed by atoms with Crippen molar-refractivity contribution >= 4 is 65.3 Å². The number of fused-ring (bicyclic) bond motifs is 5. The molecule has 74 heavy (non-hydrogen) atoms. The van der Waals surface area contributed by atoms with E-state index in [9.17, 15) is 24.0 Å². The zero-order chi connectivity index (χ0) is 52.3. The minimum absolute atomic E-state index is 0.0184. The topological polar surface area (TPSA) is 184 Å². The number of nitrogens with zero attached hydrogens (tertiary/aromatic N) is 5. The molecule has 17 heteroatoms. The molecule has 4 aliphatic heterocycles. The van der Waals surface area contributed by atoms with Gasteiger partial charge >= 0.3 is 5.97 Å². The maximum Gasteiger partial charge on any atom is 0.333 e. The summed E-state index contributed by atoms with van der Waals surface area (Å²) < 4.78 is 37.4. The lowest BCUT2D eigenvalue weighted by Gasteiger charge is -2.30. The van der Waals surface area contributed by atoms with Crippen molar-refractivity contribution in [3.63, 3.8) is 0 Å². The number of carbonyl (C=O) groups is 5. The molecule has 1 fully saturated rings. The van der Waals surface area contributed by atoms with Crippen LogP contribution in [0.15, 0.2) is 101 Å². The number of carbonyl (C=O) groups excluding carboxylic acids is 5. The van der Waals surface area contributed by atoms with E-state index < -0.39 is 29.0 Å². The van der Waals surface area contributed by atoms with Gasteiger partial charge in [-0.25, -0.2) is 4.79 Å². The molecule has 384 valence electrons. The second-order valence-corrected chi connectivity index (χ2v) is 19.7. The lowest BCUT2D eigenvalue weighted by molar-refractivity contribution is -0.198. The Kier molecular flexibility index (Phi) is 14.6. The maximum atomic E-state index is 14.1. The number of para-hydroxylation sites is 2. The van der Waals surface area contributed by atoms with E-state index in [4.69, 9.17) is 38.3 Å². The third-order valence-corrected chi connectivity index (χ3v) is 13.5. The van der Waals surface area contributed by atoms with Gasteiger partial charge in [0.15, 0.2) is 23.0 Å². The third-order valence-electron chi connectivity index (χ3n) is 13.5. The summed E-state index contributed by atoms with van der Waals surface area (Å²) in [6.07, 6.45) is 3.92. The number of benzene rings is 5. The molecule has 0 spiro atoms. The molecule has 5 aromatic rings. The van der Waals surface area contributed by atoms with Crippen molar-refractivity contribution in [1.82, 2.24) is 5.06 Å². The molecule has 0 bridgehead atoms. The van der Waals surface area contributed by atoms with Crippen molar-refractivity contribution in [1.29, 1.82) is 0 Å². The second kappa shape index (κ2) is 21.2. The van der Waals surface area contributed by atoms with Crippen molar-refractivity contribution in [3.8, 4) is 28.7 Å². The summed E-state index contributed by atoms with van der Waals surface area (Å²) >= 11 is 0. The first kappa shape index (κ1) is 50.9. The van der Waals surface area contributed by atoms with Gasteiger partial charge in [0.2, 0.25) is 0 Å². The SMILES string of the molecule is C=Nc1cc(OCc2cc(COc3cc4c(cc3OC)C(=O)N3c5ccccc5C[C@H]3C=N4)cc(OC(C)(C)CCOC(C)(C)CCC(=O)ON3C(=O)CCC3=O)c2)c(OC)cc1C(=O)N1CCc2ccccc21. The predicted molar refractivity (Wildman–Crippen MR) is 277 cm³/mol. The van der Waals surface area contributed by atoms with Crippen molar-refractivity contribution < 1.29 is 57.2 Å². The van der Waals surface area contributed by atoms with E-state index >= 15 is 0 Å². The molecular formula is C57H59N5O12. The van der Waals surface area contributed by atoms with Crippen LogP contribution in [-0.4, -0.2) is 92.2 Å². The summed E-state index contributed by atoms with van der Waals surface area (Å²) in [5, 5.41) is 0.545. The summed E-state index contributed by atoms with van der Waals surface area (Å²) in [5.41, 5.74) is 5.35. The van der Waals surface area contributed by atoms with Crippen LogP contribution in [0.3, 0.4) is 0 Å². The molecule has 0 radical (unpaired) electrons. The number of hydrogen-bond acceptors (Lipinski definition) is 14. The van der Waals surface area contributed by atoms with E-state index in [1.807, 2.05) is 101 Å². The highest BCUT2D eigenvalue weighted by molar-refractivity contribution is 6.15. The van der Waals surface area contributed by atoms with Crippen molar-refractivity contribution in [2.75, 3.05) is 37.2 Å². The predicted octanol–water partition coefficient (Wildman–Crippen LogP) is 9.41. The second-order valence-electron chi connectivity index (χ2n) is 19.7. The van der Waals surface area contributed by atoms with Gasteiger partial charge in [-0.1, -0.05) is 36.4 Å². The van der Waals surface area contributed by atoms with Gasteiger partial charge in [-0.15, -0.1) is 5.06 Å². The van der Waals surface area contributed by atoms with Crippen LogP contribution >= 0.6 is 0 Å². The summed E-state index contributed by atoms with van der Waals surface area (Å²) in [5.74, 6) is -0.218. The van der Waals surface area contributed by atoms with E-state index in [1.165, 1.54) is 14.2 Å². The van der Waals surface area contributed by atoms with Crippen LogP contribution in [0.5, 0.6) is 28.7 Å². The fourth-order valence-electron chi connectivity index (χ4n) is 9.51. The summed E-state index contributed by atoms with van der Waals surface area (Å²) in [7, 11) is 3.03. The molecule has 0 N–H and O–H groups in total. The lowest BCUT2D eigenvalue weighted by atomic mass is 10.0. The van der Waals surface area contributed by atoms with Gasteiger partial charge < -0.3 is 38.2 Å². The van der Waals surface area contributed by atoms with Crippen molar-refractivity contribution in [2.24, 2.45) is 9.98 Å². The van der Waals surface area contributed by atoms with Gasteiger partial charge in [-0.05, 0) is 112 Å². The minimum atomic E-state index is -0.769. The summed E-state index contributed by atoms with van der Waals surface area (Å²) in [4.78, 5) is 82.0. The monoisotopic (exact) mass is 1010 g/mol. The van der Waals surface area contributed by atoms with Crippen LogP contribution in [0.4, 0.5) is 22.7 Å². The first-order chi connectivity index (χ1) is 35.5. The fraction of sp³-hybridized carbons (Fsp3) is 0.351. The molecule has 5 aromatic carbocycles. The van der Waals surface area contributed by atoms with Gasteiger partial charge in [0, 0.05) is 62.0 Å². The van der Waals surface area contributed by atoms with Gasteiger partial charge in [-0.2, -0.15) is 0 Å². The molecule has 17 nitrogen and oxygen atoms in total. The smallest absolute Gasteiger partial charge is 0.333 e. The molecule has 0 aliphatic carbocycles. The zero-order valence-corrected chi connectivity index (χ0v) is 42.4. The number of ether oxygens (including phenoxy) is 6. The Morgan fingerprint density at radius 1 is 0.743 bits per heavy atom. The van der Waals surface area contributed by atoms with Crippen molar-refractivity contribution in [3.05, 3.63) is 124 Å².